The molecular formula is C22H23N3O. The van der Waals surface area contributed by atoms with Gasteiger partial charge >= 0.3 is 0 Å². The summed E-state index contributed by atoms with van der Waals surface area (Å²) >= 11 is 0. The summed E-state index contributed by atoms with van der Waals surface area (Å²) in [7, 11) is 0. The van der Waals surface area contributed by atoms with E-state index in [-0.39, 0.29) is 6.10 Å². The molecule has 2 aromatic carbocycles. The molecule has 1 unspecified atom stereocenters. The van der Waals surface area contributed by atoms with Crippen LogP contribution in [-0.4, -0.2) is 23.1 Å². The number of ether oxygens (including phenoxy) is 1. The molecule has 132 valence electrons. The normalized spacial score (nSPS) is 16.3. The van der Waals surface area contributed by atoms with E-state index in [1.807, 2.05) is 24.5 Å². The molecule has 0 amide bonds. The third-order valence-electron chi connectivity index (χ3n) is 4.73. The van der Waals surface area contributed by atoms with Gasteiger partial charge in [-0.1, -0.05) is 48.0 Å². The zero-order valence-electron chi connectivity index (χ0n) is 15.0. The van der Waals surface area contributed by atoms with Crippen LogP contribution in [0.1, 0.15) is 28.4 Å². The van der Waals surface area contributed by atoms with Crippen LogP contribution in [-0.2, 0) is 17.7 Å². The van der Waals surface area contributed by atoms with Crippen molar-refractivity contribution < 1.29 is 4.74 Å². The largest absolute Gasteiger partial charge is 0.372 e. The minimum Gasteiger partial charge on any atom is -0.372 e. The van der Waals surface area contributed by atoms with Crippen LogP contribution in [0.25, 0.3) is 11.4 Å². The molecule has 0 aliphatic carbocycles. The lowest BCUT2D eigenvalue weighted by Gasteiger charge is -2.26. The van der Waals surface area contributed by atoms with Crippen molar-refractivity contribution in [1.29, 1.82) is 0 Å². The molecule has 4 rings (SSSR count). The van der Waals surface area contributed by atoms with Gasteiger partial charge in [0.05, 0.1) is 12.7 Å². The Morgan fingerprint density at radius 2 is 1.92 bits per heavy atom. The summed E-state index contributed by atoms with van der Waals surface area (Å²) in [5.41, 5.74) is 6.04. The van der Waals surface area contributed by atoms with Gasteiger partial charge in [-0.05, 0) is 30.5 Å². The third kappa shape index (κ3) is 3.82. The standard InChI is InChI=1S/C22H23N3O/c1-16-5-4-7-19(11-16)22-24-13-17(14-25-22)12-23-15-21-20-8-3-2-6-18(20)9-10-26-21/h2-8,11,13-14,21,23H,9-10,12,15H2,1H3. The molecule has 2 heterocycles. The lowest BCUT2D eigenvalue weighted by Crippen LogP contribution is -2.27. The first-order chi connectivity index (χ1) is 12.8. The fourth-order valence-electron chi connectivity index (χ4n) is 3.37. The second-order valence-electron chi connectivity index (χ2n) is 6.72. The van der Waals surface area contributed by atoms with Gasteiger partial charge in [0.25, 0.3) is 0 Å². The van der Waals surface area contributed by atoms with Crippen molar-refractivity contribution in [3.63, 3.8) is 0 Å². The van der Waals surface area contributed by atoms with Crippen molar-refractivity contribution in [3.8, 4) is 11.4 Å². The van der Waals surface area contributed by atoms with E-state index < -0.39 is 0 Å². The summed E-state index contributed by atoms with van der Waals surface area (Å²) in [6.07, 6.45) is 4.91. The smallest absolute Gasteiger partial charge is 0.159 e. The first-order valence-electron chi connectivity index (χ1n) is 9.08. The zero-order valence-corrected chi connectivity index (χ0v) is 15.0. The first kappa shape index (κ1) is 16.9. The van der Waals surface area contributed by atoms with Crippen molar-refractivity contribution >= 4 is 0 Å². The summed E-state index contributed by atoms with van der Waals surface area (Å²) in [6.45, 7) is 4.39. The SMILES string of the molecule is Cc1cccc(-c2ncc(CNCC3OCCc4ccccc43)cn2)c1. The molecule has 1 aliphatic rings. The van der Waals surface area contributed by atoms with Crippen molar-refractivity contribution in [2.45, 2.75) is 26.0 Å². The summed E-state index contributed by atoms with van der Waals surface area (Å²) in [4.78, 5) is 9.02. The maximum atomic E-state index is 5.94. The molecule has 0 saturated carbocycles. The van der Waals surface area contributed by atoms with Crippen LogP contribution in [0, 0.1) is 6.92 Å². The highest BCUT2D eigenvalue weighted by molar-refractivity contribution is 5.55. The van der Waals surface area contributed by atoms with Crippen molar-refractivity contribution in [2.24, 2.45) is 0 Å². The number of benzene rings is 2. The van der Waals surface area contributed by atoms with Crippen molar-refractivity contribution in [2.75, 3.05) is 13.2 Å². The van der Waals surface area contributed by atoms with Gasteiger partial charge in [-0.3, -0.25) is 0 Å². The maximum Gasteiger partial charge on any atom is 0.159 e. The van der Waals surface area contributed by atoms with E-state index >= 15 is 0 Å². The van der Waals surface area contributed by atoms with E-state index in [2.05, 4.69) is 58.6 Å². The molecule has 1 aliphatic heterocycles. The van der Waals surface area contributed by atoms with E-state index in [1.165, 1.54) is 16.7 Å². The van der Waals surface area contributed by atoms with Gasteiger partial charge in [0, 0.05) is 36.6 Å². The summed E-state index contributed by atoms with van der Waals surface area (Å²) in [6, 6.07) is 16.8. The third-order valence-corrected chi connectivity index (χ3v) is 4.73. The minimum atomic E-state index is 0.118. The highest BCUT2D eigenvalue weighted by atomic mass is 16.5. The number of nitrogens with one attached hydrogen (secondary N) is 1. The van der Waals surface area contributed by atoms with Crippen molar-refractivity contribution in [3.05, 3.63) is 83.2 Å². The number of hydrogen-bond acceptors (Lipinski definition) is 4. The number of nitrogens with zero attached hydrogens (tertiary/aromatic N) is 2. The molecular weight excluding hydrogens is 322 g/mol. The van der Waals surface area contributed by atoms with Gasteiger partial charge in [0.15, 0.2) is 5.82 Å². The number of aryl methyl sites for hydroxylation is 1. The van der Waals surface area contributed by atoms with E-state index in [0.717, 1.165) is 43.1 Å². The molecule has 3 aromatic rings. The van der Waals surface area contributed by atoms with Crippen LogP contribution in [0.3, 0.4) is 0 Å². The van der Waals surface area contributed by atoms with E-state index in [1.54, 1.807) is 0 Å². The Morgan fingerprint density at radius 1 is 1.08 bits per heavy atom. The van der Waals surface area contributed by atoms with Gasteiger partial charge in [0.1, 0.15) is 0 Å². The molecule has 1 atom stereocenters. The highest BCUT2D eigenvalue weighted by Crippen LogP contribution is 2.26. The van der Waals surface area contributed by atoms with E-state index in [9.17, 15) is 0 Å². The van der Waals surface area contributed by atoms with E-state index in [4.69, 9.17) is 4.74 Å². The molecule has 1 N–H and O–H groups in total. The Labute approximate surface area is 154 Å². The van der Waals surface area contributed by atoms with Crippen LogP contribution in [0.4, 0.5) is 0 Å². The van der Waals surface area contributed by atoms with Crippen molar-refractivity contribution in [1.82, 2.24) is 15.3 Å². The van der Waals surface area contributed by atoms with Crippen LogP contribution < -0.4 is 5.32 Å². The quantitative estimate of drug-likeness (QED) is 0.763. The summed E-state index contributed by atoms with van der Waals surface area (Å²) < 4.78 is 5.94. The average Bonchev–Trinajstić information content (AvgIpc) is 2.69. The summed E-state index contributed by atoms with van der Waals surface area (Å²) in [5.74, 6) is 0.766. The zero-order chi connectivity index (χ0) is 17.8. The lowest BCUT2D eigenvalue weighted by atomic mass is 9.97. The molecule has 4 heteroatoms. The Kier molecular flexibility index (Phi) is 5.04. The van der Waals surface area contributed by atoms with Gasteiger partial charge in [-0.25, -0.2) is 9.97 Å². The number of aromatic nitrogens is 2. The molecule has 26 heavy (non-hydrogen) atoms. The predicted octanol–water partition coefficient (Wildman–Crippen LogP) is 3.86. The number of fused-ring (bicyclic) bond motifs is 1. The Balaban J connectivity index is 1.36. The molecule has 0 radical (unpaired) electrons. The van der Waals surface area contributed by atoms with E-state index in [0.29, 0.717) is 0 Å². The second-order valence-corrected chi connectivity index (χ2v) is 6.72. The molecule has 4 nitrogen and oxygen atoms in total. The Bertz CT molecular complexity index is 877. The van der Waals surface area contributed by atoms with Gasteiger partial charge < -0.3 is 10.1 Å². The maximum absolute atomic E-state index is 5.94. The fraction of sp³-hybridized carbons (Fsp3) is 0.273. The van der Waals surface area contributed by atoms with Crippen LogP contribution >= 0.6 is 0 Å². The van der Waals surface area contributed by atoms with Gasteiger partial charge in [-0.15, -0.1) is 0 Å². The van der Waals surface area contributed by atoms with Gasteiger partial charge in [0.2, 0.25) is 0 Å². The molecule has 0 fully saturated rings. The van der Waals surface area contributed by atoms with Crippen LogP contribution in [0.15, 0.2) is 60.9 Å². The van der Waals surface area contributed by atoms with Crippen LogP contribution in [0.5, 0.6) is 0 Å². The Morgan fingerprint density at radius 3 is 2.77 bits per heavy atom. The monoisotopic (exact) mass is 345 g/mol. The topological polar surface area (TPSA) is 47.0 Å². The number of hydrogen-bond donors (Lipinski definition) is 1. The number of rotatable bonds is 5. The van der Waals surface area contributed by atoms with Gasteiger partial charge in [-0.2, -0.15) is 0 Å². The highest BCUT2D eigenvalue weighted by Gasteiger charge is 2.19. The molecule has 0 bridgehead atoms. The Hall–Kier alpha value is -2.56. The predicted molar refractivity (Wildman–Crippen MR) is 103 cm³/mol. The van der Waals surface area contributed by atoms with Crippen LogP contribution in [0.2, 0.25) is 0 Å². The average molecular weight is 345 g/mol. The second kappa shape index (κ2) is 7.77. The molecule has 0 saturated heterocycles. The molecule has 0 spiro atoms. The fourth-order valence-corrected chi connectivity index (χ4v) is 3.37. The minimum absolute atomic E-state index is 0.118. The lowest BCUT2D eigenvalue weighted by molar-refractivity contribution is 0.0423. The summed E-state index contributed by atoms with van der Waals surface area (Å²) in [5, 5.41) is 3.48. The first-order valence-corrected chi connectivity index (χ1v) is 9.08. The molecule has 1 aromatic heterocycles.